The lowest BCUT2D eigenvalue weighted by molar-refractivity contribution is -0.172. The topological polar surface area (TPSA) is 81.8 Å². The number of carbonyl (C=O) groups is 1. The van der Waals surface area contributed by atoms with Crippen LogP contribution in [0.1, 0.15) is 18.7 Å². The van der Waals surface area contributed by atoms with E-state index in [1.54, 1.807) is 6.07 Å². The zero-order valence-corrected chi connectivity index (χ0v) is 9.55. The van der Waals surface area contributed by atoms with E-state index in [1.165, 1.54) is 12.4 Å². The fourth-order valence-corrected chi connectivity index (χ4v) is 1.27. The van der Waals surface area contributed by atoms with E-state index in [1.807, 2.05) is 0 Å². The smallest absolute Gasteiger partial charge is 0.338 e. The Hall–Kier alpha value is -2.32. The summed E-state index contributed by atoms with van der Waals surface area (Å²) in [5.41, 5.74) is 0. The number of hydrogen-bond donors (Lipinski definition) is 0. The summed E-state index contributed by atoms with van der Waals surface area (Å²) >= 11 is 0. The van der Waals surface area contributed by atoms with E-state index in [2.05, 4.69) is 24.6 Å². The van der Waals surface area contributed by atoms with Crippen molar-refractivity contribution in [1.29, 1.82) is 0 Å². The Kier molecular flexibility index (Phi) is 3.28. The van der Waals surface area contributed by atoms with Gasteiger partial charge in [-0.25, -0.2) is 9.97 Å². The van der Waals surface area contributed by atoms with Gasteiger partial charge in [0, 0.05) is 12.4 Å². The number of alkyl halides is 3. The molecule has 0 radical (unpaired) electrons. The van der Waals surface area contributed by atoms with E-state index < -0.39 is 23.8 Å². The lowest BCUT2D eigenvalue weighted by atomic mass is 10.1. The second kappa shape index (κ2) is 4.75. The van der Waals surface area contributed by atoms with Gasteiger partial charge in [-0.2, -0.15) is 18.2 Å². The number of nitrogens with zero attached hydrogens (tertiary/aromatic N) is 4. The Morgan fingerprint density at radius 1 is 1.26 bits per heavy atom. The molecule has 2 aromatic rings. The van der Waals surface area contributed by atoms with Crippen LogP contribution in [0.2, 0.25) is 0 Å². The molecule has 0 aliphatic heterocycles. The summed E-state index contributed by atoms with van der Waals surface area (Å²) in [6.45, 7) is 1.04. The quantitative estimate of drug-likeness (QED) is 0.846. The van der Waals surface area contributed by atoms with Gasteiger partial charge in [0.25, 0.3) is 0 Å². The molecule has 1 unspecified atom stereocenters. The largest absolute Gasteiger partial charge is 0.450 e. The molecule has 0 amide bonds. The number of Topliss-reactive ketones (excluding diaryl/α,β-unsaturated/α-hetero) is 1. The van der Waals surface area contributed by atoms with Crippen LogP contribution in [0.15, 0.2) is 23.0 Å². The highest BCUT2D eigenvalue weighted by atomic mass is 19.4. The summed E-state index contributed by atoms with van der Waals surface area (Å²) < 4.78 is 41.4. The first-order chi connectivity index (χ1) is 8.89. The Morgan fingerprint density at radius 3 is 2.47 bits per heavy atom. The normalized spacial score (nSPS) is 13.3. The predicted molar refractivity (Wildman–Crippen MR) is 54.8 cm³/mol. The van der Waals surface area contributed by atoms with Crippen molar-refractivity contribution in [3.05, 3.63) is 24.4 Å². The van der Waals surface area contributed by atoms with E-state index in [0.29, 0.717) is 0 Å². The molecule has 0 fully saturated rings. The van der Waals surface area contributed by atoms with Gasteiger partial charge in [-0.15, -0.1) is 0 Å². The monoisotopic (exact) mass is 272 g/mol. The summed E-state index contributed by atoms with van der Waals surface area (Å²) in [4.78, 5) is 22.3. The summed E-state index contributed by atoms with van der Waals surface area (Å²) in [7, 11) is 0. The molecule has 0 aromatic carbocycles. The molecule has 0 spiro atoms. The number of carbonyl (C=O) groups excluding carboxylic acids is 1. The first kappa shape index (κ1) is 13.1. The molecule has 100 valence electrons. The third kappa shape index (κ3) is 2.75. The van der Waals surface area contributed by atoms with Gasteiger partial charge in [-0.1, -0.05) is 5.16 Å². The SMILES string of the molecule is CC(C(=O)C(F)(F)F)c1nc(-c2ncccn2)no1. The highest BCUT2D eigenvalue weighted by molar-refractivity contribution is 5.89. The first-order valence-electron chi connectivity index (χ1n) is 5.11. The number of aromatic nitrogens is 4. The maximum Gasteiger partial charge on any atom is 0.450 e. The van der Waals surface area contributed by atoms with Crippen LogP contribution in [0.25, 0.3) is 11.6 Å². The van der Waals surface area contributed by atoms with Gasteiger partial charge in [-0.05, 0) is 13.0 Å². The van der Waals surface area contributed by atoms with Crippen LogP contribution in [0.5, 0.6) is 0 Å². The van der Waals surface area contributed by atoms with Crippen LogP contribution in [-0.4, -0.2) is 32.1 Å². The summed E-state index contributed by atoms with van der Waals surface area (Å²) in [6.07, 6.45) is -2.11. The fourth-order valence-electron chi connectivity index (χ4n) is 1.27. The van der Waals surface area contributed by atoms with Gasteiger partial charge in [0.2, 0.25) is 23.3 Å². The zero-order valence-electron chi connectivity index (χ0n) is 9.55. The third-order valence-corrected chi connectivity index (χ3v) is 2.25. The van der Waals surface area contributed by atoms with Crippen LogP contribution in [-0.2, 0) is 4.79 Å². The van der Waals surface area contributed by atoms with Crippen molar-refractivity contribution in [3.63, 3.8) is 0 Å². The molecule has 6 nitrogen and oxygen atoms in total. The minimum atomic E-state index is -4.95. The Balaban J connectivity index is 2.25. The maximum absolute atomic E-state index is 12.3. The second-order valence-corrected chi connectivity index (χ2v) is 3.61. The molecule has 9 heteroatoms. The fraction of sp³-hybridized carbons (Fsp3) is 0.300. The maximum atomic E-state index is 12.3. The zero-order chi connectivity index (χ0) is 14.0. The van der Waals surface area contributed by atoms with Gasteiger partial charge >= 0.3 is 6.18 Å². The van der Waals surface area contributed by atoms with E-state index in [0.717, 1.165) is 6.92 Å². The van der Waals surface area contributed by atoms with Crippen LogP contribution >= 0.6 is 0 Å². The minimum Gasteiger partial charge on any atom is -0.338 e. The van der Waals surface area contributed by atoms with Crippen molar-refractivity contribution in [2.24, 2.45) is 0 Å². The first-order valence-corrected chi connectivity index (χ1v) is 5.11. The standard InChI is InChI=1S/C10H7F3N4O2/c1-5(6(18)10(11,12)13)9-16-8(17-19-9)7-14-3-2-4-15-7/h2-5H,1H3. The van der Waals surface area contributed by atoms with E-state index in [4.69, 9.17) is 0 Å². The van der Waals surface area contributed by atoms with Gasteiger partial charge in [0.05, 0.1) is 0 Å². The molecule has 0 bridgehead atoms. The van der Waals surface area contributed by atoms with Crippen molar-refractivity contribution in [1.82, 2.24) is 20.1 Å². The highest BCUT2D eigenvalue weighted by Gasteiger charge is 2.44. The van der Waals surface area contributed by atoms with E-state index >= 15 is 0 Å². The number of hydrogen-bond acceptors (Lipinski definition) is 6. The Labute approximate surface area is 104 Å². The molecule has 2 rings (SSSR count). The molecule has 2 heterocycles. The van der Waals surface area contributed by atoms with Gasteiger partial charge in [-0.3, -0.25) is 4.79 Å². The van der Waals surface area contributed by atoms with E-state index in [9.17, 15) is 18.0 Å². The third-order valence-electron chi connectivity index (χ3n) is 2.25. The average Bonchev–Trinajstić information content (AvgIpc) is 2.86. The molecule has 2 aromatic heterocycles. The van der Waals surface area contributed by atoms with Crippen molar-refractivity contribution in [3.8, 4) is 11.6 Å². The molecule has 19 heavy (non-hydrogen) atoms. The predicted octanol–water partition coefficient (Wildman–Crippen LogP) is 1.76. The molecule has 1 atom stereocenters. The average molecular weight is 272 g/mol. The van der Waals surface area contributed by atoms with E-state index in [-0.39, 0.29) is 11.6 Å². The van der Waals surface area contributed by atoms with Crippen LogP contribution in [0.3, 0.4) is 0 Å². The second-order valence-electron chi connectivity index (χ2n) is 3.61. The number of halogens is 3. The van der Waals surface area contributed by atoms with Crippen molar-refractivity contribution >= 4 is 5.78 Å². The number of rotatable bonds is 3. The summed E-state index contributed by atoms with van der Waals surface area (Å²) in [6, 6.07) is 1.56. The Bertz CT molecular complexity index is 582. The van der Waals surface area contributed by atoms with Crippen LogP contribution < -0.4 is 0 Å². The highest BCUT2D eigenvalue weighted by Crippen LogP contribution is 2.27. The minimum absolute atomic E-state index is 0.0718. The molecular formula is C10H7F3N4O2. The van der Waals surface area contributed by atoms with Crippen molar-refractivity contribution < 1.29 is 22.5 Å². The van der Waals surface area contributed by atoms with Crippen LogP contribution in [0.4, 0.5) is 13.2 Å². The molecule has 0 N–H and O–H groups in total. The molecule has 0 saturated carbocycles. The van der Waals surface area contributed by atoms with Gasteiger partial charge in [0.1, 0.15) is 5.92 Å². The van der Waals surface area contributed by atoms with Gasteiger partial charge in [0.15, 0.2) is 0 Å². The lowest BCUT2D eigenvalue weighted by Gasteiger charge is -2.07. The molecule has 0 saturated heterocycles. The summed E-state index contributed by atoms with van der Waals surface area (Å²) in [5, 5.41) is 3.44. The molecule has 0 aliphatic rings. The van der Waals surface area contributed by atoms with Gasteiger partial charge < -0.3 is 4.52 Å². The molecule has 0 aliphatic carbocycles. The number of ketones is 1. The Morgan fingerprint density at radius 2 is 1.89 bits per heavy atom. The van der Waals surface area contributed by atoms with Crippen LogP contribution in [0, 0.1) is 0 Å². The lowest BCUT2D eigenvalue weighted by Crippen LogP contribution is -2.27. The van der Waals surface area contributed by atoms with Crippen molar-refractivity contribution in [2.45, 2.75) is 19.0 Å². The molecular weight excluding hydrogens is 265 g/mol. The van der Waals surface area contributed by atoms with Crippen molar-refractivity contribution in [2.75, 3.05) is 0 Å². The summed E-state index contributed by atoms with van der Waals surface area (Å²) in [5.74, 6) is -3.91.